The summed E-state index contributed by atoms with van der Waals surface area (Å²) in [5, 5.41) is 0.467. The van der Waals surface area contributed by atoms with Gasteiger partial charge in [0.05, 0.1) is 33.4 Å². The molecule has 6 aromatic rings. The molecule has 0 radical (unpaired) electrons. The van der Waals surface area contributed by atoms with Gasteiger partial charge in [0.15, 0.2) is 0 Å². The maximum atomic E-state index is 13.7. The van der Waals surface area contributed by atoms with Gasteiger partial charge in [-0.05, 0) is 42.5 Å². The Bertz CT molecular complexity index is 2170. The van der Waals surface area contributed by atoms with Gasteiger partial charge in [-0.25, -0.2) is 23.9 Å². The van der Waals surface area contributed by atoms with Crippen LogP contribution in [0.15, 0.2) is 76.7 Å². The molecule has 16 heteroatoms. The van der Waals surface area contributed by atoms with Crippen LogP contribution >= 0.6 is 7.82 Å². The van der Waals surface area contributed by atoms with Crippen LogP contribution < -0.4 is 11.2 Å². The van der Waals surface area contributed by atoms with Crippen molar-refractivity contribution in [2.75, 3.05) is 0 Å². The second-order valence-corrected chi connectivity index (χ2v) is 10.1. The second kappa shape index (κ2) is 9.45. The van der Waals surface area contributed by atoms with Crippen LogP contribution in [-0.4, -0.2) is 38.9 Å². The molecule has 0 fully saturated rings. The molecule has 5 aromatic heterocycles. The number of benzene rings is 1. The summed E-state index contributed by atoms with van der Waals surface area (Å²) in [6.07, 6.45) is -0.389. The van der Waals surface area contributed by atoms with Crippen LogP contribution in [0.25, 0.3) is 49.9 Å². The number of hydrogen-bond donors (Lipinski definition) is 3. The molecule has 41 heavy (non-hydrogen) atoms. The molecule has 12 nitrogen and oxygen atoms in total. The van der Waals surface area contributed by atoms with Crippen molar-refractivity contribution in [3.8, 4) is 16.9 Å². The highest BCUT2D eigenvalue weighted by Gasteiger charge is 2.31. The summed E-state index contributed by atoms with van der Waals surface area (Å²) >= 11 is 0. The number of pyridine rings is 3. The van der Waals surface area contributed by atoms with Crippen LogP contribution in [-0.2, 0) is 22.0 Å². The van der Waals surface area contributed by atoms with Crippen molar-refractivity contribution in [3.05, 3.63) is 93.5 Å². The number of aromatic amines is 1. The van der Waals surface area contributed by atoms with E-state index in [0.29, 0.717) is 27.5 Å². The van der Waals surface area contributed by atoms with Crippen molar-refractivity contribution in [3.63, 3.8) is 0 Å². The molecule has 3 N–H and O–H groups in total. The summed E-state index contributed by atoms with van der Waals surface area (Å²) in [5.41, 5.74) is -1.92. The average Bonchev–Trinajstić information content (AvgIpc) is 3.36. The minimum atomic E-state index is -5.13. The Morgan fingerprint density at radius 2 is 1.83 bits per heavy atom. The fourth-order valence-corrected chi connectivity index (χ4v) is 4.78. The molecule has 0 saturated carbocycles. The minimum absolute atomic E-state index is 0.0212. The van der Waals surface area contributed by atoms with Crippen molar-refractivity contribution in [2.45, 2.75) is 12.9 Å². The first-order valence-electron chi connectivity index (χ1n) is 11.7. The predicted octanol–water partition coefficient (Wildman–Crippen LogP) is 3.72. The third-order valence-electron chi connectivity index (χ3n) is 6.32. The van der Waals surface area contributed by atoms with E-state index in [4.69, 9.17) is 9.79 Å². The normalized spacial score (nSPS) is 12.5. The highest BCUT2D eigenvalue weighted by atomic mass is 31.2. The van der Waals surface area contributed by atoms with Crippen LogP contribution in [0.1, 0.15) is 5.56 Å². The van der Waals surface area contributed by atoms with Gasteiger partial charge in [-0.3, -0.25) is 18.9 Å². The van der Waals surface area contributed by atoms with E-state index in [1.54, 1.807) is 36.7 Å². The summed E-state index contributed by atoms with van der Waals surface area (Å²) in [7, 11) is -5.13. The van der Waals surface area contributed by atoms with Crippen LogP contribution in [0.5, 0.6) is 0 Å². The third kappa shape index (κ3) is 4.70. The number of nitrogens with one attached hydrogen (secondary N) is 1. The molecule has 0 unspecified atom stereocenters. The molecule has 0 spiro atoms. The fourth-order valence-electron chi connectivity index (χ4n) is 4.51. The molecule has 0 saturated heterocycles. The number of alkyl halides is 3. The zero-order valence-electron chi connectivity index (χ0n) is 20.4. The minimum Gasteiger partial charge on any atom is -0.345 e. The Morgan fingerprint density at radius 3 is 2.59 bits per heavy atom. The number of phosphoric acid groups is 1. The Labute approximate surface area is 225 Å². The third-order valence-corrected chi connectivity index (χ3v) is 6.77. The molecule has 0 aliphatic rings. The maximum absolute atomic E-state index is 13.7. The highest BCUT2D eigenvalue weighted by Crippen LogP contribution is 2.36. The van der Waals surface area contributed by atoms with Crippen LogP contribution in [0.4, 0.5) is 13.2 Å². The van der Waals surface area contributed by atoms with Gasteiger partial charge in [0.1, 0.15) is 17.9 Å². The van der Waals surface area contributed by atoms with Gasteiger partial charge in [-0.15, -0.1) is 0 Å². The van der Waals surface area contributed by atoms with Crippen molar-refractivity contribution < 1.29 is 32.0 Å². The second-order valence-electron chi connectivity index (χ2n) is 8.83. The lowest BCUT2D eigenvalue weighted by atomic mass is 10.1. The molecule has 0 bridgehead atoms. The first kappa shape index (κ1) is 26.5. The zero-order valence-corrected chi connectivity index (χ0v) is 21.3. The van der Waals surface area contributed by atoms with E-state index in [1.165, 1.54) is 6.07 Å². The van der Waals surface area contributed by atoms with Gasteiger partial charge in [0, 0.05) is 29.5 Å². The lowest BCUT2D eigenvalue weighted by molar-refractivity contribution is -0.137. The maximum Gasteiger partial charge on any atom is 0.471 e. The average molecular weight is 584 g/mol. The van der Waals surface area contributed by atoms with Gasteiger partial charge >= 0.3 is 19.7 Å². The van der Waals surface area contributed by atoms with E-state index in [9.17, 15) is 27.3 Å². The van der Waals surface area contributed by atoms with Gasteiger partial charge in [-0.1, -0.05) is 6.07 Å². The van der Waals surface area contributed by atoms with Gasteiger partial charge in [-0.2, -0.15) is 13.2 Å². The van der Waals surface area contributed by atoms with Crippen LogP contribution in [0.2, 0.25) is 0 Å². The first-order valence-corrected chi connectivity index (χ1v) is 13.2. The number of rotatable bonds is 5. The summed E-state index contributed by atoms with van der Waals surface area (Å²) in [4.78, 5) is 61.5. The van der Waals surface area contributed by atoms with E-state index < -0.39 is 37.5 Å². The molecule has 0 aliphatic heterocycles. The summed E-state index contributed by atoms with van der Waals surface area (Å²) in [6, 6.07) is 10.6. The number of aromatic nitrogens is 6. The Kier molecular flexibility index (Phi) is 6.12. The molecule has 0 atom stereocenters. The van der Waals surface area contributed by atoms with Crippen molar-refractivity contribution >= 4 is 40.8 Å². The molecule has 5 heterocycles. The van der Waals surface area contributed by atoms with Crippen molar-refractivity contribution in [2.24, 2.45) is 0 Å². The molecule has 1 aromatic carbocycles. The molecule has 0 amide bonds. The zero-order chi connectivity index (χ0) is 29.1. The van der Waals surface area contributed by atoms with E-state index in [-0.39, 0.29) is 27.6 Å². The molecule has 208 valence electrons. The monoisotopic (exact) mass is 584 g/mol. The molecular weight excluding hydrogens is 568 g/mol. The van der Waals surface area contributed by atoms with Crippen molar-refractivity contribution in [1.29, 1.82) is 0 Å². The largest absolute Gasteiger partial charge is 0.471 e. The molecule has 0 aliphatic carbocycles. The molecule has 6 rings (SSSR count). The Balaban J connectivity index is 1.71. The van der Waals surface area contributed by atoms with Crippen LogP contribution in [0.3, 0.4) is 0 Å². The number of nitrogens with zero attached hydrogens (tertiary/aromatic N) is 5. The number of H-pyrrole nitrogens is 1. The number of fused-ring (bicyclic) bond motifs is 4. The Morgan fingerprint density at radius 1 is 1.02 bits per heavy atom. The van der Waals surface area contributed by atoms with Gasteiger partial charge in [0.2, 0.25) is 0 Å². The predicted molar refractivity (Wildman–Crippen MR) is 140 cm³/mol. The van der Waals surface area contributed by atoms with Crippen molar-refractivity contribution in [1.82, 2.24) is 29.1 Å². The quantitative estimate of drug-likeness (QED) is 0.202. The topological polar surface area (TPSA) is 165 Å². The lowest BCUT2D eigenvalue weighted by Gasteiger charge is -2.17. The standard InChI is InChI=1S/C25H16F3N6O6P/c26-25(27,28)13-3-1-4-14(9-13)34-21-17(23(35)33(24(34)36)12-40-41(37,38)39)11-30-19-7-6-18(32-20(19)21)16-10-31-22-15(16)5-2-8-29-22/h1-11H,12H2,(H,29,31)(H2,37,38,39). The number of phosphoric ester groups is 1. The highest BCUT2D eigenvalue weighted by molar-refractivity contribution is 7.46. The summed E-state index contributed by atoms with van der Waals surface area (Å²) < 4.78 is 57.7. The first-order chi connectivity index (χ1) is 19.4. The van der Waals surface area contributed by atoms with E-state index in [1.807, 2.05) is 0 Å². The van der Waals surface area contributed by atoms with Crippen LogP contribution in [0, 0.1) is 0 Å². The SMILES string of the molecule is O=c1c2cnc3ccc(-c4c[nH]c5ncccc45)nc3c2n(-c2cccc(C(F)(F)F)c2)c(=O)n1COP(=O)(O)O. The number of hydrogen-bond acceptors (Lipinski definition) is 7. The van der Waals surface area contributed by atoms with E-state index in [2.05, 4.69) is 24.5 Å². The van der Waals surface area contributed by atoms with Gasteiger partial charge in [0.25, 0.3) is 5.56 Å². The lowest BCUT2D eigenvalue weighted by Crippen LogP contribution is -2.40. The van der Waals surface area contributed by atoms with E-state index in [0.717, 1.165) is 28.3 Å². The summed E-state index contributed by atoms with van der Waals surface area (Å²) in [6.45, 7) is -1.18. The Hall–Kier alpha value is -4.69. The smallest absolute Gasteiger partial charge is 0.345 e. The summed E-state index contributed by atoms with van der Waals surface area (Å²) in [5.74, 6) is 0. The van der Waals surface area contributed by atoms with E-state index >= 15 is 0 Å². The fraction of sp³-hybridized carbons (Fsp3) is 0.0800. The van der Waals surface area contributed by atoms with Gasteiger partial charge < -0.3 is 14.8 Å². The number of halogens is 3. The molecular formula is C25H16F3N6O6P.